The fourth-order valence-corrected chi connectivity index (χ4v) is 3.10. The fourth-order valence-electron chi connectivity index (χ4n) is 3.10. The van der Waals surface area contributed by atoms with E-state index in [0.29, 0.717) is 40.1 Å². The molecule has 1 aromatic carbocycles. The van der Waals surface area contributed by atoms with E-state index in [4.69, 9.17) is 0 Å². The predicted octanol–water partition coefficient (Wildman–Crippen LogP) is 1.75. The summed E-state index contributed by atoms with van der Waals surface area (Å²) in [6.07, 6.45) is 0. The van der Waals surface area contributed by atoms with Crippen LogP contribution < -0.4 is 5.32 Å². The third kappa shape index (κ3) is 4.32. The molecule has 0 aliphatic carbocycles. The number of hydrogen-bond acceptors (Lipinski definition) is 6. The Morgan fingerprint density at radius 3 is 2.26 bits per heavy atom. The van der Waals surface area contributed by atoms with Gasteiger partial charge in [0, 0.05) is 17.8 Å². The molecule has 0 unspecified atom stereocenters. The third-order valence-electron chi connectivity index (χ3n) is 4.18. The number of Topliss-reactive ketones (excluding diaryl/α,β-unsaturated/α-hetero) is 1. The van der Waals surface area contributed by atoms with Gasteiger partial charge in [-0.15, -0.1) is 13.2 Å². The van der Waals surface area contributed by atoms with Gasteiger partial charge in [-0.1, -0.05) is 12.1 Å². The van der Waals surface area contributed by atoms with Crippen LogP contribution in [0.2, 0.25) is 0 Å². The van der Waals surface area contributed by atoms with E-state index in [1.807, 2.05) is 6.07 Å². The van der Waals surface area contributed by atoms with Gasteiger partial charge in [0.15, 0.2) is 5.78 Å². The van der Waals surface area contributed by atoms with Crippen molar-refractivity contribution in [2.75, 3.05) is 7.05 Å². The first-order valence-corrected chi connectivity index (χ1v) is 8.30. The molecule has 0 fully saturated rings. The normalized spacial score (nSPS) is 10.1. The van der Waals surface area contributed by atoms with Gasteiger partial charge >= 0.3 is 0 Å². The van der Waals surface area contributed by atoms with E-state index in [2.05, 4.69) is 23.5 Å². The maximum atomic E-state index is 12.2. The summed E-state index contributed by atoms with van der Waals surface area (Å²) in [5.41, 5.74) is 3.49. The van der Waals surface area contributed by atoms with Crippen molar-refractivity contribution < 1.29 is 20.1 Å². The average Bonchev–Trinajstić information content (AvgIpc) is 3.06. The second kappa shape index (κ2) is 10.4. The van der Waals surface area contributed by atoms with Crippen LogP contribution in [0.5, 0.6) is 0 Å². The Balaban J connectivity index is 0.00000176. The van der Waals surface area contributed by atoms with E-state index >= 15 is 0 Å². The monoisotopic (exact) mass is 371 g/mol. The molecule has 0 saturated heterocycles. The Hall–Kier alpha value is -2.76. The summed E-state index contributed by atoms with van der Waals surface area (Å²) in [4.78, 5) is 15.1. The third-order valence-corrected chi connectivity index (χ3v) is 4.18. The maximum Gasteiger partial charge on any atom is 0.163 e. The van der Waals surface area contributed by atoms with Crippen molar-refractivity contribution in [2.24, 2.45) is 0 Å². The van der Waals surface area contributed by atoms with Gasteiger partial charge in [-0.3, -0.25) is 4.79 Å². The van der Waals surface area contributed by atoms with Gasteiger partial charge in [0.1, 0.15) is 11.8 Å². The lowest BCUT2D eigenvalue weighted by molar-refractivity contribution is 0.101. The zero-order valence-corrected chi connectivity index (χ0v) is 15.6. The van der Waals surface area contributed by atoms with Gasteiger partial charge in [-0.05, 0) is 36.2 Å². The van der Waals surface area contributed by atoms with Gasteiger partial charge in [-0.2, -0.15) is 5.26 Å². The van der Waals surface area contributed by atoms with Gasteiger partial charge in [-0.25, -0.2) is 0 Å². The van der Waals surface area contributed by atoms with Crippen LogP contribution in [0.3, 0.4) is 0 Å². The number of nitriles is 1. The summed E-state index contributed by atoms with van der Waals surface area (Å²) in [5.74, 6) is -0.272. The number of nitrogens with one attached hydrogen (secondary N) is 2. The van der Waals surface area contributed by atoms with Crippen molar-refractivity contribution in [2.45, 2.75) is 33.3 Å². The molecule has 27 heavy (non-hydrogen) atoms. The number of benzene rings is 1. The summed E-state index contributed by atoms with van der Waals surface area (Å²) in [7, 11) is 1.74. The highest BCUT2D eigenvalue weighted by atomic mass is 16.3. The van der Waals surface area contributed by atoms with Crippen molar-refractivity contribution >= 4 is 5.78 Å². The minimum Gasteiger partial charge on any atom is -0.392 e. The SMILES string of the molecule is C=C.CNCc1[nH]c(C#N)c(C(C)=O)c1-c1ccc(CO)c(CO)c1CO. The van der Waals surface area contributed by atoms with Crippen molar-refractivity contribution in [3.05, 3.63) is 58.9 Å². The van der Waals surface area contributed by atoms with E-state index in [1.165, 1.54) is 6.92 Å². The minimum absolute atomic E-state index is 0.161. The Labute approximate surface area is 158 Å². The Bertz CT molecular complexity index is 850. The Morgan fingerprint density at radius 2 is 1.81 bits per heavy atom. The van der Waals surface area contributed by atoms with Gasteiger partial charge in [0.25, 0.3) is 0 Å². The predicted molar refractivity (Wildman–Crippen MR) is 103 cm³/mol. The Morgan fingerprint density at radius 1 is 1.19 bits per heavy atom. The standard InChI is InChI=1S/C18H21N3O4.C2H4/c1-10(25)17-15(5-19)21-16(6-20-2)18(17)12-4-3-11(7-22)13(8-23)14(12)9-24;1-2/h3-4,20-24H,6-9H2,1-2H3;1-2H2. The molecule has 1 heterocycles. The van der Waals surface area contributed by atoms with Gasteiger partial charge in [0.05, 0.1) is 25.4 Å². The number of aromatic amines is 1. The Kier molecular flexibility index (Phi) is 8.59. The lowest BCUT2D eigenvalue weighted by atomic mass is 9.89. The second-order valence-electron chi connectivity index (χ2n) is 5.63. The van der Waals surface area contributed by atoms with E-state index in [0.717, 1.165) is 0 Å². The molecule has 0 radical (unpaired) electrons. The molecule has 2 aromatic rings. The van der Waals surface area contributed by atoms with E-state index < -0.39 is 0 Å². The number of aliphatic hydroxyl groups is 3. The number of aliphatic hydroxyl groups excluding tert-OH is 3. The molecule has 5 N–H and O–H groups in total. The first-order chi connectivity index (χ1) is 13.0. The molecule has 0 bridgehead atoms. The van der Waals surface area contributed by atoms with Crippen molar-refractivity contribution in [3.8, 4) is 17.2 Å². The maximum absolute atomic E-state index is 12.2. The highest BCUT2D eigenvalue weighted by Crippen LogP contribution is 2.36. The minimum atomic E-state index is -0.373. The lowest BCUT2D eigenvalue weighted by Crippen LogP contribution is -2.09. The topological polar surface area (TPSA) is 129 Å². The largest absolute Gasteiger partial charge is 0.392 e. The van der Waals surface area contributed by atoms with Crippen LogP contribution in [-0.4, -0.2) is 33.1 Å². The van der Waals surface area contributed by atoms with Crippen LogP contribution in [0.15, 0.2) is 25.3 Å². The number of hydrogen-bond donors (Lipinski definition) is 5. The molecule has 1 aromatic heterocycles. The number of ketones is 1. The smallest absolute Gasteiger partial charge is 0.163 e. The van der Waals surface area contributed by atoms with Crippen LogP contribution in [0, 0.1) is 11.3 Å². The quantitative estimate of drug-likeness (QED) is 0.372. The molecular formula is C20H25N3O4. The highest BCUT2D eigenvalue weighted by molar-refractivity contribution is 6.04. The van der Waals surface area contributed by atoms with E-state index in [-0.39, 0.29) is 36.9 Å². The lowest BCUT2D eigenvalue weighted by Gasteiger charge is -2.17. The zero-order valence-electron chi connectivity index (χ0n) is 15.6. The number of carbonyl (C=O) groups excluding carboxylic acids is 1. The first-order valence-electron chi connectivity index (χ1n) is 8.30. The fraction of sp³-hybridized carbons (Fsp3) is 0.300. The highest BCUT2D eigenvalue weighted by Gasteiger charge is 2.25. The van der Waals surface area contributed by atoms with E-state index in [1.54, 1.807) is 19.2 Å². The van der Waals surface area contributed by atoms with Crippen LogP contribution in [0.4, 0.5) is 0 Å². The molecular weight excluding hydrogens is 346 g/mol. The van der Waals surface area contributed by atoms with Crippen LogP contribution >= 0.6 is 0 Å². The second-order valence-corrected chi connectivity index (χ2v) is 5.63. The summed E-state index contributed by atoms with van der Waals surface area (Å²) in [5, 5.41) is 41.3. The summed E-state index contributed by atoms with van der Waals surface area (Å²) in [6.45, 7) is 6.76. The summed E-state index contributed by atoms with van der Waals surface area (Å²) < 4.78 is 0. The molecule has 2 rings (SSSR count). The van der Waals surface area contributed by atoms with Crippen molar-refractivity contribution in [1.29, 1.82) is 5.26 Å². The van der Waals surface area contributed by atoms with Crippen LogP contribution in [0.1, 0.15) is 45.4 Å². The van der Waals surface area contributed by atoms with Crippen molar-refractivity contribution in [3.63, 3.8) is 0 Å². The van der Waals surface area contributed by atoms with Crippen LogP contribution in [-0.2, 0) is 26.4 Å². The molecule has 0 saturated carbocycles. The number of carbonyl (C=O) groups is 1. The molecule has 7 heteroatoms. The molecule has 0 amide bonds. The van der Waals surface area contributed by atoms with E-state index in [9.17, 15) is 25.4 Å². The van der Waals surface area contributed by atoms with Crippen LogP contribution in [0.25, 0.3) is 11.1 Å². The summed E-state index contributed by atoms with van der Waals surface area (Å²) in [6, 6.07) is 5.33. The molecule has 0 atom stereocenters. The molecule has 7 nitrogen and oxygen atoms in total. The molecule has 144 valence electrons. The zero-order chi connectivity index (χ0) is 20.6. The average molecular weight is 371 g/mol. The van der Waals surface area contributed by atoms with Gasteiger partial charge in [0.2, 0.25) is 0 Å². The number of nitrogens with zero attached hydrogens (tertiary/aromatic N) is 1. The molecule has 0 aliphatic rings. The number of rotatable bonds is 7. The van der Waals surface area contributed by atoms with Crippen molar-refractivity contribution in [1.82, 2.24) is 10.3 Å². The number of H-pyrrole nitrogens is 1. The first kappa shape index (κ1) is 22.3. The van der Waals surface area contributed by atoms with Gasteiger partial charge < -0.3 is 25.6 Å². The number of aromatic nitrogens is 1. The summed E-state index contributed by atoms with van der Waals surface area (Å²) >= 11 is 0. The molecule has 0 spiro atoms. The molecule has 0 aliphatic heterocycles.